The third kappa shape index (κ3) is 4.92. The molecule has 3 heterocycles. The molecule has 4 rings (SSSR count). The second-order valence-electron chi connectivity index (χ2n) is 7.30. The number of aromatic nitrogens is 3. The highest BCUT2D eigenvalue weighted by molar-refractivity contribution is 6.30. The molecule has 10 nitrogen and oxygen atoms in total. The molecule has 2 amide bonds. The zero-order chi connectivity index (χ0) is 22.0. The maximum atomic E-state index is 12.7. The number of hydrogen-bond acceptors (Lipinski definition) is 8. The van der Waals surface area contributed by atoms with Gasteiger partial charge in [0.05, 0.1) is 24.8 Å². The third-order valence-corrected chi connectivity index (χ3v) is 5.14. The van der Waals surface area contributed by atoms with Gasteiger partial charge in [0.25, 0.3) is 0 Å². The van der Waals surface area contributed by atoms with E-state index in [-0.39, 0.29) is 37.7 Å². The summed E-state index contributed by atoms with van der Waals surface area (Å²) in [6.07, 6.45) is -0.672. The standard InChI is InChI=1S/C20H20ClN5O5/c1-11-6-15(30-24-11)8-18(28)26-10-14(27)7-16(26)20(29)22-9-17-23-19(25-31-17)12-2-4-13(21)5-3-12/h2-6,14,16,27H,7-10H2,1H3,(H,22,29)/t14-,16+/m1/s1. The summed E-state index contributed by atoms with van der Waals surface area (Å²) in [7, 11) is 0. The van der Waals surface area contributed by atoms with E-state index in [1.165, 1.54) is 4.90 Å². The van der Waals surface area contributed by atoms with Crippen molar-refractivity contribution in [1.82, 2.24) is 25.5 Å². The third-order valence-electron chi connectivity index (χ3n) is 4.89. The summed E-state index contributed by atoms with van der Waals surface area (Å²) in [6, 6.07) is 7.81. The molecule has 2 N–H and O–H groups in total. The molecule has 0 aliphatic carbocycles. The fraction of sp³-hybridized carbons (Fsp3) is 0.350. The topological polar surface area (TPSA) is 135 Å². The molecule has 1 saturated heterocycles. The lowest BCUT2D eigenvalue weighted by Gasteiger charge is -2.23. The lowest BCUT2D eigenvalue weighted by atomic mass is 10.1. The molecule has 0 bridgehead atoms. The number of halogens is 1. The van der Waals surface area contributed by atoms with Gasteiger partial charge in [0.2, 0.25) is 23.5 Å². The van der Waals surface area contributed by atoms with Crippen LogP contribution in [0.2, 0.25) is 5.02 Å². The molecular weight excluding hydrogens is 426 g/mol. The van der Waals surface area contributed by atoms with Crippen LogP contribution in [0.4, 0.5) is 0 Å². The molecule has 0 unspecified atom stereocenters. The smallest absolute Gasteiger partial charge is 0.246 e. The number of benzene rings is 1. The van der Waals surface area contributed by atoms with E-state index in [4.69, 9.17) is 20.6 Å². The maximum absolute atomic E-state index is 12.7. The highest BCUT2D eigenvalue weighted by Crippen LogP contribution is 2.21. The minimum atomic E-state index is -0.801. The summed E-state index contributed by atoms with van der Waals surface area (Å²) in [5.41, 5.74) is 1.39. The summed E-state index contributed by atoms with van der Waals surface area (Å²) >= 11 is 5.88. The molecule has 1 fully saturated rings. The van der Waals surface area contributed by atoms with Crippen LogP contribution in [-0.2, 0) is 22.6 Å². The number of nitrogens with zero attached hydrogens (tertiary/aromatic N) is 4. The van der Waals surface area contributed by atoms with Crippen molar-refractivity contribution >= 4 is 23.4 Å². The Kier molecular flexibility index (Phi) is 6.01. The van der Waals surface area contributed by atoms with Gasteiger partial charge >= 0.3 is 0 Å². The molecular formula is C20H20ClN5O5. The second-order valence-corrected chi connectivity index (χ2v) is 7.74. The lowest BCUT2D eigenvalue weighted by Crippen LogP contribution is -2.46. The first kappa shape index (κ1) is 21.0. The first-order valence-electron chi connectivity index (χ1n) is 9.65. The van der Waals surface area contributed by atoms with E-state index in [2.05, 4.69) is 20.6 Å². The minimum Gasteiger partial charge on any atom is -0.391 e. The second kappa shape index (κ2) is 8.86. The van der Waals surface area contributed by atoms with Gasteiger partial charge in [-0.05, 0) is 31.2 Å². The molecule has 162 valence electrons. The molecule has 3 aromatic rings. The first-order chi connectivity index (χ1) is 14.9. The minimum absolute atomic E-state index is 0.00462. The number of aliphatic hydroxyl groups is 1. The van der Waals surface area contributed by atoms with Gasteiger partial charge in [-0.2, -0.15) is 4.98 Å². The Balaban J connectivity index is 1.37. The number of carbonyl (C=O) groups is 2. The van der Waals surface area contributed by atoms with Crippen molar-refractivity contribution in [2.24, 2.45) is 0 Å². The number of β-amino-alcohol motifs (C(OH)–C–C–N with tert-alkyl or cyclic N) is 1. The summed E-state index contributed by atoms with van der Waals surface area (Å²) < 4.78 is 10.3. The van der Waals surface area contributed by atoms with E-state index >= 15 is 0 Å². The maximum Gasteiger partial charge on any atom is 0.246 e. The molecule has 1 aliphatic rings. The van der Waals surface area contributed by atoms with E-state index in [0.29, 0.717) is 22.3 Å². The van der Waals surface area contributed by atoms with E-state index in [9.17, 15) is 14.7 Å². The van der Waals surface area contributed by atoms with E-state index in [1.54, 1.807) is 37.3 Å². The zero-order valence-electron chi connectivity index (χ0n) is 16.6. The number of aliphatic hydroxyl groups excluding tert-OH is 1. The Labute approximate surface area is 182 Å². The number of carbonyl (C=O) groups excluding carboxylic acids is 2. The van der Waals surface area contributed by atoms with Crippen molar-refractivity contribution in [3.63, 3.8) is 0 Å². The van der Waals surface area contributed by atoms with Crippen LogP contribution < -0.4 is 5.32 Å². The molecule has 2 aromatic heterocycles. The Morgan fingerprint density at radius 3 is 2.74 bits per heavy atom. The van der Waals surface area contributed by atoms with Crippen molar-refractivity contribution in [3.8, 4) is 11.4 Å². The van der Waals surface area contributed by atoms with E-state index < -0.39 is 18.1 Å². The zero-order valence-corrected chi connectivity index (χ0v) is 17.4. The van der Waals surface area contributed by atoms with E-state index in [1.807, 2.05) is 0 Å². The molecule has 0 spiro atoms. The number of aryl methyl sites for hydroxylation is 1. The van der Waals surface area contributed by atoms with Crippen LogP contribution >= 0.6 is 11.6 Å². The van der Waals surface area contributed by atoms with Gasteiger partial charge in [-0.25, -0.2) is 0 Å². The number of nitrogens with one attached hydrogen (secondary N) is 1. The van der Waals surface area contributed by atoms with Crippen LogP contribution in [-0.4, -0.2) is 55.8 Å². The molecule has 1 aliphatic heterocycles. The van der Waals surface area contributed by atoms with Gasteiger partial charge < -0.3 is 24.4 Å². The Morgan fingerprint density at radius 1 is 1.26 bits per heavy atom. The highest BCUT2D eigenvalue weighted by Gasteiger charge is 2.39. The van der Waals surface area contributed by atoms with Crippen molar-refractivity contribution in [2.75, 3.05) is 6.54 Å². The van der Waals surface area contributed by atoms with Crippen molar-refractivity contribution in [2.45, 2.75) is 38.5 Å². The average molecular weight is 446 g/mol. The number of hydrogen-bond donors (Lipinski definition) is 2. The van der Waals surface area contributed by atoms with Crippen molar-refractivity contribution < 1.29 is 23.7 Å². The van der Waals surface area contributed by atoms with Crippen LogP contribution in [0, 0.1) is 6.92 Å². The molecule has 2 atom stereocenters. The SMILES string of the molecule is Cc1cc(CC(=O)N2C[C@H](O)C[C@H]2C(=O)NCc2nc(-c3ccc(Cl)cc3)no2)on1. The predicted octanol–water partition coefficient (Wildman–Crippen LogP) is 1.51. The summed E-state index contributed by atoms with van der Waals surface area (Å²) in [5, 5.41) is 20.9. The largest absolute Gasteiger partial charge is 0.391 e. The quantitative estimate of drug-likeness (QED) is 0.583. The molecule has 0 radical (unpaired) electrons. The highest BCUT2D eigenvalue weighted by atomic mass is 35.5. The van der Waals surface area contributed by atoms with Gasteiger partial charge in [-0.15, -0.1) is 0 Å². The van der Waals surface area contributed by atoms with Gasteiger partial charge in [0, 0.05) is 29.6 Å². The Morgan fingerprint density at radius 2 is 2.03 bits per heavy atom. The van der Waals surface area contributed by atoms with Crippen LogP contribution in [0.1, 0.15) is 23.8 Å². The summed E-state index contributed by atoms with van der Waals surface area (Å²) in [6.45, 7) is 1.82. The van der Waals surface area contributed by atoms with Gasteiger partial charge in [0.1, 0.15) is 11.8 Å². The summed E-state index contributed by atoms with van der Waals surface area (Å²) in [4.78, 5) is 30.9. The predicted molar refractivity (Wildman–Crippen MR) is 108 cm³/mol. The fourth-order valence-corrected chi connectivity index (χ4v) is 3.54. The number of likely N-dealkylation sites (tertiary alicyclic amines) is 1. The average Bonchev–Trinajstić information content (AvgIpc) is 3.47. The normalized spacial score (nSPS) is 18.4. The molecule has 0 saturated carbocycles. The van der Waals surface area contributed by atoms with Crippen molar-refractivity contribution in [3.05, 3.63) is 52.7 Å². The van der Waals surface area contributed by atoms with Crippen LogP contribution in [0.15, 0.2) is 39.4 Å². The monoisotopic (exact) mass is 445 g/mol. The van der Waals surface area contributed by atoms with Crippen LogP contribution in [0.25, 0.3) is 11.4 Å². The Hall–Kier alpha value is -3.24. The molecule has 1 aromatic carbocycles. The molecule has 31 heavy (non-hydrogen) atoms. The first-order valence-corrected chi connectivity index (χ1v) is 10.0. The fourth-order valence-electron chi connectivity index (χ4n) is 3.41. The van der Waals surface area contributed by atoms with Gasteiger partial charge in [0.15, 0.2) is 0 Å². The van der Waals surface area contributed by atoms with Crippen LogP contribution in [0.5, 0.6) is 0 Å². The Bertz CT molecular complexity index is 1080. The number of rotatable bonds is 6. The van der Waals surface area contributed by atoms with Gasteiger partial charge in [-0.3, -0.25) is 9.59 Å². The summed E-state index contributed by atoms with van der Waals surface area (Å²) in [5.74, 6) is 0.257. The van der Waals surface area contributed by atoms with Crippen LogP contribution in [0.3, 0.4) is 0 Å². The van der Waals surface area contributed by atoms with Crippen molar-refractivity contribution in [1.29, 1.82) is 0 Å². The van der Waals surface area contributed by atoms with E-state index in [0.717, 1.165) is 5.56 Å². The lowest BCUT2D eigenvalue weighted by molar-refractivity contribution is -0.138. The molecule has 11 heteroatoms. The van der Waals surface area contributed by atoms with Gasteiger partial charge in [-0.1, -0.05) is 21.9 Å². The number of amides is 2.